The summed E-state index contributed by atoms with van der Waals surface area (Å²) in [7, 11) is 0. The van der Waals surface area contributed by atoms with E-state index in [2.05, 4.69) is 29.0 Å². The van der Waals surface area contributed by atoms with Crippen LogP contribution in [0.4, 0.5) is 0 Å². The van der Waals surface area contributed by atoms with Gasteiger partial charge in [-0.2, -0.15) is 0 Å². The van der Waals surface area contributed by atoms with Gasteiger partial charge in [0.1, 0.15) is 18.9 Å². The normalized spacial score (nSPS) is 16.7. The number of carbonyl (C=O) groups excluding carboxylic acids is 1. The van der Waals surface area contributed by atoms with Gasteiger partial charge < -0.3 is 14.5 Å². The highest BCUT2D eigenvalue weighted by molar-refractivity contribution is 5.90. The zero-order valence-electron chi connectivity index (χ0n) is 16.9. The van der Waals surface area contributed by atoms with Crippen molar-refractivity contribution in [3.63, 3.8) is 0 Å². The molecule has 0 amide bonds. The molecule has 1 saturated heterocycles. The largest absolute Gasteiger partial charge is 0.485 e. The minimum absolute atomic E-state index is 0.0105. The van der Waals surface area contributed by atoms with Gasteiger partial charge in [-0.15, -0.1) is 0 Å². The number of Topliss-reactive ketones (excluding diaryl/α,β-unsaturated/α-hetero) is 1. The summed E-state index contributed by atoms with van der Waals surface area (Å²) >= 11 is 0. The van der Waals surface area contributed by atoms with Crippen molar-refractivity contribution in [2.75, 3.05) is 19.8 Å². The smallest absolute Gasteiger partial charge is 0.191 e. The van der Waals surface area contributed by atoms with Crippen LogP contribution in [-0.2, 0) is 9.53 Å². The fourth-order valence-corrected chi connectivity index (χ4v) is 3.84. The molecule has 0 radical (unpaired) electrons. The van der Waals surface area contributed by atoms with Crippen molar-refractivity contribution in [2.45, 2.75) is 32.8 Å². The van der Waals surface area contributed by atoms with E-state index in [1.807, 2.05) is 37.4 Å². The van der Waals surface area contributed by atoms with Crippen LogP contribution in [0.1, 0.15) is 41.2 Å². The lowest BCUT2D eigenvalue weighted by atomic mass is 9.99. The standard InChI is InChI=1S/C24H26N2O3/c1-16-10-17(2)24(21(11-16)23-4-3-9-28-23)29-15-20(27)14-25-13-18-5-6-19-7-8-26-22(19)12-18/h5-8,10-13,23,26H,3-4,9,14-15H2,1-2H3. The second-order valence-electron chi connectivity index (χ2n) is 7.62. The van der Waals surface area contributed by atoms with E-state index in [1.54, 1.807) is 6.21 Å². The fourth-order valence-electron chi connectivity index (χ4n) is 3.84. The van der Waals surface area contributed by atoms with E-state index in [4.69, 9.17) is 9.47 Å². The van der Waals surface area contributed by atoms with E-state index < -0.39 is 0 Å². The van der Waals surface area contributed by atoms with E-state index in [9.17, 15) is 4.79 Å². The van der Waals surface area contributed by atoms with Crippen LogP contribution in [0.5, 0.6) is 5.75 Å². The summed E-state index contributed by atoms with van der Waals surface area (Å²) < 4.78 is 11.8. The molecule has 1 aliphatic heterocycles. The molecule has 1 N–H and O–H groups in total. The lowest BCUT2D eigenvalue weighted by molar-refractivity contribution is -0.119. The number of nitrogens with zero attached hydrogens (tertiary/aromatic N) is 1. The Labute approximate surface area is 170 Å². The predicted molar refractivity (Wildman–Crippen MR) is 115 cm³/mol. The summed E-state index contributed by atoms with van der Waals surface area (Å²) in [5.74, 6) is 0.720. The topological polar surface area (TPSA) is 63.7 Å². The third kappa shape index (κ3) is 4.57. The molecule has 5 nitrogen and oxygen atoms in total. The minimum Gasteiger partial charge on any atom is -0.485 e. The third-order valence-electron chi connectivity index (χ3n) is 5.19. The molecule has 3 aromatic rings. The molecule has 1 aromatic heterocycles. The van der Waals surface area contributed by atoms with Crippen LogP contribution in [0.2, 0.25) is 0 Å². The Hall–Kier alpha value is -2.92. The zero-order chi connectivity index (χ0) is 20.2. The van der Waals surface area contributed by atoms with Crippen LogP contribution in [0.25, 0.3) is 10.9 Å². The maximum absolute atomic E-state index is 12.3. The summed E-state index contributed by atoms with van der Waals surface area (Å²) in [5.41, 5.74) is 5.28. The van der Waals surface area contributed by atoms with Crippen molar-refractivity contribution in [1.29, 1.82) is 0 Å². The number of H-pyrrole nitrogens is 1. The van der Waals surface area contributed by atoms with Crippen LogP contribution in [0.3, 0.4) is 0 Å². The lowest BCUT2D eigenvalue weighted by Crippen LogP contribution is -2.16. The molecular formula is C24H26N2O3. The number of aromatic amines is 1. The molecule has 4 rings (SSSR count). The first-order valence-corrected chi connectivity index (χ1v) is 10.0. The van der Waals surface area contributed by atoms with Crippen molar-refractivity contribution >= 4 is 22.9 Å². The second kappa shape index (κ2) is 8.62. The second-order valence-corrected chi connectivity index (χ2v) is 7.62. The van der Waals surface area contributed by atoms with Gasteiger partial charge in [0.15, 0.2) is 5.78 Å². The number of aliphatic imine (C=N–C) groups is 1. The number of benzene rings is 2. The Morgan fingerprint density at radius 2 is 2.17 bits per heavy atom. The van der Waals surface area contributed by atoms with E-state index in [1.165, 1.54) is 5.56 Å². The fraction of sp³-hybridized carbons (Fsp3) is 0.333. The van der Waals surface area contributed by atoms with E-state index >= 15 is 0 Å². The maximum Gasteiger partial charge on any atom is 0.191 e. The van der Waals surface area contributed by atoms with Gasteiger partial charge in [0.2, 0.25) is 0 Å². The Kier molecular flexibility index (Phi) is 5.76. The van der Waals surface area contributed by atoms with Gasteiger partial charge in [0, 0.05) is 30.1 Å². The van der Waals surface area contributed by atoms with Crippen LogP contribution in [0, 0.1) is 13.8 Å². The Morgan fingerprint density at radius 1 is 1.28 bits per heavy atom. The first-order chi connectivity index (χ1) is 14.1. The first-order valence-electron chi connectivity index (χ1n) is 10.0. The third-order valence-corrected chi connectivity index (χ3v) is 5.19. The summed E-state index contributed by atoms with van der Waals surface area (Å²) in [5, 5.41) is 1.15. The maximum atomic E-state index is 12.3. The Bertz CT molecular complexity index is 1050. The molecule has 0 spiro atoms. The molecule has 29 heavy (non-hydrogen) atoms. The van der Waals surface area contributed by atoms with E-state index in [0.29, 0.717) is 0 Å². The van der Waals surface area contributed by atoms with Gasteiger partial charge in [-0.25, -0.2) is 0 Å². The predicted octanol–water partition coefficient (Wildman–Crippen LogP) is 4.70. The number of hydrogen-bond donors (Lipinski definition) is 1. The van der Waals surface area contributed by atoms with Gasteiger partial charge in [-0.1, -0.05) is 23.8 Å². The molecule has 2 aromatic carbocycles. The summed E-state index contributed by atoms with van der Waals surface area (Å²) in [6.07, 6.45) is 5.73. The number of aromatic nitrogens is 1. The number of aryl methyl sites for hydroxylation is 2. The number of rotatable bonds is 7. The highest BCUT2D eigenvalue weighted by Crippen LogP contribution is 2.37. The van der Waals surface area contributed by atoms with E-state index in [-0.39, 0.29) is 25.0 Å². The summed E-state index contributed by atoms with van der Waals surface area (Å²) in [4.78, 5) is 19.8. The molecule has 2 heterocycles. The molecule has 1 fully saturated rings. The molecule has 1 atom stereocenters. The molecule has 1 unspecified atom stereocenters. The number of ketones is 1. The first kappa shape index (κ1) is 19.4. The number of hydrogen-bond acceptors (Lipinski definition) is 4. The van der Waals surface area contributed by atoms with Crippen LogP contribution >= 0.6 is 0 Å². The van der Waals surface area contributed by atoms with Gasteiger partial charge >= 0.3 is 0 Å². The zero-order valence-corrected chi connectivity index (χ0v) is 16.9. The molecule has 5 heteroatoms. The van der Waals surface area contributed by atoms with Crippen molar-refractivity contribution < 1.29 is 14.3 Å². The van der Waals surface area contributed by atoms with Crippen molar-refractivity contribution in [3.8, 4) is 5.75 Å². The monoisotopic (exact) mass is 390 g/mol. The minimum atomic E-state index is -0.0551. The van der Waals surface area contributed by atoms with Gasteiger partial charge in [0.25, 0.3) is 0 Å². The van der Waals surface area contributed by atoms with Crippen LogP contribution in [-0.4, -0.2) is 36.7 Å². The summed E-state index contributed by atoms with van der Waals surface area (Å²) in [6, 6.07) is 12.2. The van der Waals surface area contributed by atoms with Crippen molar-refractivity contribution in [3.05, 3.63) is 64.8 Å². The van der Waals surface area contributed by atoms with Gasteiger partial charge in [-0.05, 0) is 61.4 Å². The van der Waals surface area contributed by atoms with Crippen LogP contribution in [0.15, 0.2) is 47.6 Å². The lowest BCUT2D eigenvalue weighted by Gasteiger charge is -2.18. The van der Waals surface area contributed by atoms with Gasteiger partial charge in [0.05, 0.1) is 6.10 Å². The Balaban J connectivity index is 1.38. The summed E-state index contributed by atoms with van der Waals surface area (Å²) in [6.45, 7) is 4.97. The quantitative estimate of drug-likeness (QED) is 0.595. The number of ether oxygens (including phenoxy) is 2. The Morgan fingerprint density at radius 3 is 3.00 bits per heavy atom. The highest BCUT2D eigenvalue weighted by atomic mass is 16.5. The molecule has 0 bridgehead atoms. The van der Waals surface area contributed by atoms with Crippen molar-refractivity contribution in [1.82, 2.24) is 4.98 Å². The molecule has 150 valence electrons. The number of fused-ring (bicyclic) bond motifs is 1. The molecule has 0 saturated carbocycles. The average Bonchev–Trinajstić information content (AvgIpc) is 3.38. The average molecular weight is 390 g/mol. The SMILES string of the molecule is Cc1cc(C)c(OCC(=O)CN=Cc2ccc3cc[nH]c3c2)c(C2CCCO2)c1. The van der Waals surface area contributed by atoms with E-state index in [0.717, 1.165) is 52.8 Å². The number of nitrogens with one attached hydrogen (secondary N) is 1. The van der Waals surface area contributed by atoms with Crippen LogP contribution < -0.4 is 4.74 Å². The molecular weight excluding hydrogens is 364 g/mol. The number of carbonyl (C=O) groups is 1. The van der Waals surface area contributed by atoms with Crippen molar-refractivity contribution in [2.24, 2.45) is 4.99 Å². The molecule has 1 aliphatic rings. The molecule has 0 aliphatic carbocycles. The van der Waals surface area contributed by atoms with Gasteiger partial charge in [-0.3, -0.25) is 9.79 Å². The highest BCUT2D eigenvalue weighted by Gasteiger charge is 2.23.